The minimum atomic E-state index is -0.119. The lowest BCUT2D eigenvalue weighted by atomic mass is 9.66. The maximum Gasteiger partial charge on any atom is 0.0633 e. The summed E-state index contributed by atoms with van der Waals surface area (Å²) in [6.45, 7) is 6.31. The maximum atomic E-state index is 9.95. The Hall–Kier alpha value is -0.300. The molecule has 1 heteroatoms. The molecule has 0 aromatic rings. The molecule has 2 aliphatic rings. The first kappa shape index (κ1) is 8.31. The number of hydrogen-bond donors (Lipinski definition) is 1. The molecule has 2 aliphatic carbocycles. The van der Waals surface area contributed by atoms with E-state index in [9.17, 15) is 5.11 Å². The zero-order chi connectivity index (χ0) is 8.77. The van der Waals surface area contributed by atoms with Gasteiger partial charge in [-0.1, -0.05) is 25.5 Å². The van der Waals surface area contributed by atoms with Crippen molar-refractivity contribution in [2.45, 2.75) is 45.1 Å². The SMILES string of the molecule is C=C1CC[C@@H]2CCC[C@H](O)[C@]12C. The summed E-state index contributed by atoms with van der Waals surface area (Å²) in [4.78, 5) is 0. The largest absolute Gasteiger partial charge is 0.392 e. The Morgan fingerprint density at radius 1 is 1.42 bits per heavy atom. The van der Waals surface area contributed by atoms with Crippen LogP contribution in [-0.2, 0) is 0 Å². The molecule has 0 aliphatic heterocycles. The van der Waals surface area contributed by atoms with E-state index >= 15 is 0 Å². The van der Waals surface area contributed by atoms with Gasteiger partial charge in [0, 0.05) is 5.41 Å². The van der Waals surface area contributed by atoms with Crippen molar-refractivity contribution in [1.29, 1.82) is 0 Å². The Kier molecular flexibility index (Phi) is 1.80. The summed E-state index contributed by atoms with van der Waals surface area (Å²) < 4.78 is 0. The minimum Gasteiger partial charge on any atom is -0.392 e. The van der Waals surface area contributed by atoms with Crippen LogP contribution in [0.15, 0.2) is 12.2 Å². The number of aliphatic hydroxyl groups is 1. The van der Waals surface area contributed by atoms with E-state index in [1.807, 2.05) is 0 Å². The second-order valence-corrected chi connectivity index (χ2v) is 4.57. The second kappa shape index (κ2) is 2.59. The van der Waals surface area contributed by atoms with Crippen molar-refractivity contribution < 1.29 is 5.11 Å². The van der Waals surface area contributed by atoms with E-state index in [4.69, 9.17) is 0 Å². The average molecular weight is 166 g/mol. The molecule has 1 N–H and O–H groups in total. The Bertz CT molecular complexity index is 209. The van der Waals surface area contributed by atoms with Crippen molar-refractivity contribution in [3.05, 3.63) is 12.2 Å². The van der Waals surface area contributed by atoms with Gasteiger partial charge in [0.25, 0.3) is 0 Å². The van der Waals surface area contributed by atoms with Gasteiger partial charge in [-0.25, -0.2) is 0 Å². The van der Waals surface area contributed by atoms with Gasteiger partial charge in [-0.3, -0.25) is 0 Å². The van der Waals surface area contributed by atoms with Gasteiger partial charge in [0.05, 0.1) is 6.10 Å². The van der Waals surface area contributed by atoms with Gasteiger partial charge >= 0.3 is 0 Å². The van der Waals surface area contributed by atoms with Crippen LogP contribution < -0.4 is 0 Å². The lowest BCUT2D eigenvalue weighted by Gasteiger charge is -2.41. The molecule has 0 bridgehead atoms. The van der Waals surface area contributed by atoms with Crippen molar-refractivity contribution in [2.24, 2.45) is 11.3 Å². The zero-order valence-electron chi connectivity index (χ0n) is 7.84. The van der Waals surface area contributed by atoms with Crippen molar-refractivity contribution in [3.63, 3.8) is 0 Å². The van der Waals surface area contributed by atoms with Crippen molar-refractivity contribution >= 4 is 0 Å². The molecule has 12 heavy (non-hydrogen) atoms. The van der Waals surface area contributed by atoms with Crippen LogP contribution in [0, 0.1) is 11.3 Å². The van der Waals surface area contributed by atoms with Crippen LogP contribution in [0.2, 0.25) is 0 Å². The molecule has 0 aromatic carbocycles. The van der Waals surface area contributed by atoms with Gasteiger partial charge in [-0.2, -0.15) is 0 Å². The highest BCUT2D eigenvalue weighted by molar-refractivity contribution is 5.20. The van der Waals surface area contributed by atoms with Crippen molar-refractivity contribution in [1.82, 2.24) is 0 Å². The van der Waals surface area contributed by atoms with Crippen LogP contribution in [0.3, 0.4) is 0 Å². The van der Waals surface area contributed by atoms with Crippen molar-refractivity contribution in [3.8, 4) is 0 Å². The predicted molar refractivity (Wildman–Crippen MR) is 49.8 cm³/mol. The van der Waals surface area contributed by atoms with E-state index in [2.05, 4.69) is 13.5 Å². The number of fused-ring (bicyclic) bond motifs is 1. The lowest BCUT2D eigenvalue weighted by Crippen LogP contribution is -2.40. The molecular weight excluding hydrogens is 148 g/mol. The molecule has 0 aromatic heterocycles. The lowest BCUT2D eigenvalue weighted by molar-refractivity contribution is -0.00226. The van der Waals surface area contributed by atoms with E-state index in [0.29, 0.717) is 5.92 Å². The molecule has 2 fully saturated rings. The molecule has 0 amide bonds. The fraction of sp³-hybridized carbons (Fsp3) is 0.818. The van der Waals surface area contributed by atoms with Gasteiger partial charge in [0.1, 0.15) is 0 Å². The van der Waals surface area contributed by atoms with Gasteiger partial charge < -0.3 is 5.11 Å². The zero-order valence-corrected chi connectivity index (χ0v) is 7.84. The van der Waals surface area contributed by atoms with Crippen LogP contribution in [0.1, 0.15) is 39.0 Å². The Morgan fingerprint density at radius 2 is 2.17 bits per heavy atom. The van der Waals surface area contributed by atoms with E-state index in [1.165, 1.54) is 24.8 Å². The first-order valence-electron chi connectivity index (χ1n) is 5.02. The normalized spacial score (nSPS) is 47.7. The Morgan fingerprint density at radius 3 is 2.83 bits per heavy atom. The molecule has 0 spiro atoms. The van der Waals surface area contributed by atoms with Crippen LogP contribution in [0.5, 0.6) is 0 Å². The highest BCUT2D eigenvalue weighted by Gasteiger charge is 2.48. The minimum absolute atomic E-state index is 0.0677. The first-order valence-corrected chi connectivity index (χ1v) is 5.02. The highest BCUT2D eigenvalue weighted by Crippen LogP contribution is 2.54. The van der Waals surface area contributed by atoms with E-state index in [-0.39, 0.29) is 11.5 Å². The molecule has 2 rings (SSSR count). The first-order chi connectivity index (χ1) is 5.65. The molecule has 3 atom stereocenters. The van der Waals surface area contributed by atoms with Crippen LogP contribution in [0.4, 0.5) is 0 Å². The fourth-order valence-corrected chi connectivity index (χ4v) is 3.02. The third-order valence-electron chi connectivity index (χ3n) is 4.13. The third kappa shape index (κ3) is 0.891. The quantitative estimate of drug-likeness (QED) is 0.548. The summed E-state index contributed by atoms with van der Waals surface area (Å²) >= 11 is 0. The van der Waals surface area contributed by atoms with Gasteiger partial charge in [0.2, 0.25) is 0 Å². The second-order valence-electron chi connectivity index (χ2n) is 4.57. The Balaban J connectivity index is 2.30. The summed E-state index contributed by atoms with van der Waals surface area (Å²) in [6, 6.07) is 0. The van der Waals surface area contributed by atoms with E-state index in [1.54, 1.807) is 0 Å². The topological polar surface area (TPSA) is 20.2 Å². The predicted octanol–water partition coefficient (Wildman–Crippen LogP) is 2.50. The summed E-state index contributed by atoms with van der Waals surface area (Å²) in [7, 11) is 0. The van der Waals surface area contributed by atoms with Crippen LogP contribution in [-0.4, -0.2) is 11.2 Å². The summed E-state index contributed by atoms with van der Waals surface area (Å²) in [6.07, 6.45) is 5.75. The third-order valence-corrected chi connectivity index (χ3v) is 4.13. The van der Waals surface area contributed by atoms with Gasteiger partial charge in [-0.15, -0.1) is 0 Å². The fourth-order valence-electron chi connectivity index (χ4n) is 3.02. The standard InChI is InChI=1S/C11H18O/c1-8-6-7-9-4-3-5-10(12)11(8,9)2/h9-10,12H,1,3-7H2,2H3/t9-,10-,11+/m0/s1. The number of aliphatic hydroxyl groups excluding tert-OH is 1. The maximum absolute atomic E-state index is 9.95. The molecule has 0 unspecified atom stereocenters. The molecule has 1 nitrogen and oxygen atoms in total. The monoisotopic (exact) mass is 166 g/mol. The average Bonchev–Trinajstić information content (AvgIpc) is 2.33. The van der Waals surface area contributed by atoms with E-state index in [0.717, 1.165) is 12.8 Å². The molecule has 68 valence electrons. The molecule has 0 radical (unpaired) electrons. The highest BCUT2D eigenvalue weighted by atomic mass is 16.3. The number of rotatable bonds is 0. The molecule has 0 saturated heterocycles. The Labute approximate surface area is 74.5 Å². The molecular formula is C11H18O. The summed E-state index contributed by atoms with van der Waals surface area (Å²) in [5, 5.41) is 9.95. The van der Waals surface area contributed by atoms with Crippen molar-refractivity contribution in [2.75, 3.05) is 0 Å². The molecule has 0 heterocycles. The van der Waals surface area contributed by atoms with Gasteiger partial charge in [-0.05, 0) is 31.6 Å². The number of hydrogen-bond acceptors (Lipinski definition) is 1. The van der Waals surface area contributed by atoms with Crippen LogP contribution >= 0.6 is 0 Å². The molecule has 2 saturated carbocycles. The smallest absolute Gasteiger partial charge is 0.0633 e. The van der Waals surface area contributed by atoms with Gasteiger partial charge in [0.15, 0.2) is 0 Å². The van der Waals surface area contributed by atoms with E-state index < -0.39 is 0 Å². The summed E-state index contributed by atoms with van der Waals surface area (Å²) in [5.41, 5.74) is 1.36. The summed E-state index contributed by atoms with van der Waals surface area (Å²) in [5.74, 6) is 0.716. The van der Waals surface area contributed by atoms with Crippen LogP contribution in [0.25, 0.3) is 0 Å².